The van der Waals surface area contributed by atoms with Crippen molar-refractivity contribution in [3.05, 3.63) is 0 Å². The van der Waals surface area contributed by atoms with Gasteiger partial charge in [-0.3, -0.25) is 4.79 Å². The van der Waals surface area contributed by atoms with Crippen LogP contribution in [0.1, 0.15) is 0 Å². The normalized spacial score (nSPS) is 22.3. The molecule has 1 fully saturated rings. The van der Waals surface area contributed by atoms with Crippen LogP contribution >= 0.6 is 0 Å². The maximum atomic E-state index is 9.84. The molecule has 1 heterocycles. The van der Waals surface area contributed by atoms with Crippen molar-refractivity contribution in [1.82, 2.24) is 5.32 Å². The number of hydrogen-bond donors (Lipinski definition) is 1. The number of ether oxygens (including phenoxy) is 2. The van der Waals surface area contributed by atoms with Crippen molar-refractivity contribution in [3.63, 3.8) is 0 Å². The van der Waals surface area contributed by atoms with Crippen molar-refractivity contribution >= 4 is 6.47 Å². The van der Waals surface area contributed by atoms with Gasteiger partial charge in [-0.15, -0.1) is 0 Å². The van der Waals surface area contributed by atoms with E-state index in [1.54, 1.807) is 0 Å². The predicted molar refractivity (Wildman–Crippen MR) is 29.8 cm³/mol. The molecular formula is C5H9NO3. The van der Waals surface area contributed by atoms with Crippen LogP contribution in [0.5, 0.6) is 0 Å². The number of carbonyl (C=O) groups is 1. The monoisotopic (exact) mass is 131 g/mol. The van der Waals surface area contributed by atoms with Gasteiger partial charge in [-0.25, -0.2) is 0 Å². The zero-order valence-electron chi connectivity index (χ0n) is 5.22. The van der Waals surface area contributed by atoms with E-state index >= 15 is 0 Å². The third-order valence-electron chi connectivity index (χ3n) is 1.42. The van der Waals surface area contributed by atoms with E-state index in [9.17, 15) is 4.79 Å². The van der Waals surface area contributed by atoms with Gasteiger partial charge in [-0.2, -0.15) is 0 Å². The summed E-state index contributed by atoms with van der Waals surface area (Å²) in [5.74, 6) is -0.665. The molecule has 0 unspecified atom stereocenters. The Hall–Kier alpha value is -0.610. The highest BCUT2D eigenvalue weighted by Gasteiger charge is 2.38. The first-order valence-electron chi connectivity index (χ1n) is 2.70. The van der Waals surface area contributed by atoms with E-state index in [2.05, 4.69) is 10.1 Å². The largest absolute Gasteiger partial charge is 0.432 e. The molecule has 4 nitrogen and oxygen atoms in total. The lowest BCUT2D eigenvalue weighted by Gasteiger charge is -2.38. The maximum absolute atomic E-state index is 9.84. The van der Waals surface area contributed by atoms with Crippen LogP contribution in [0.2, 0.25) is 0 Å². The minimum absolute atomic E-state index is 0.407. The highest BCUT2D eigenvalue weighted by atomic mass is 16.7. The van der Waals surface area contributed by atoms with Gasteiger partial charge in [0, 0.05) is 7.11 Å². The van der Waals surface area contributed by atoms with Gasteiger partial charge < -0.3 is 14.8 Å². The van der Waals surface area contributed by atoms with E-state index in [-0.39, 0.29) is 0 Å². The van der Waals surface area contributed by atoms with E-state index in [1.165, 1.54) is 7.11 Å². The minimum Gasteiger partial charge on any atom is -0.432 e. The Morgan fingerprint density at radius 1 is 1.67 bits per heavy atom. The Kier molecular flexibility index (Phi) is 1.68. The molecule has 0 saturated carbocycles. The standard InChI is InChI=1S/C5H9NO3/c1-8-5(9-4-7)2-6-3-5/h4,6H,2-3H2,1H3. The van der Waals surface area contributed by atoms with E-state index in [4.69, 9.17) is 4.74 Å². The summed E-state index contributed by atoms with van der Waals surface area (Å²) in [4.78, 5) is 9.84. The van der Waals surface area contributed by atoms with Crippen LogP contribution in [0, 0.1) is 0 Å². The van der Waals surface area contributed by atoms with Gasteiger partial charge in [-0.1, -0.05) is 0 Å². The maximum Gasteiger partial charge on any atom is 0.295 e. The smallest absolute Gasteiger partial charge is 0.295 e. The molecule has 0 radical (unpaired) electrons. The van der Waals surface area contributed by atoms with Crippen molar-refractivity contribution < 1.29 is 14.3 Å². The first-order valence-corrected chi connectivity index (χ1v) is 2.70. The number of methoxy groups -OCH3 is 1. The SMILES string of the molecule is COC1(OC=O)CNC1. The summed E-state index contributed by atoms with van der Waals surface area (Å²) in [6.45, 7) is 1.58. The van der Waals surface area contributed by atoms with Crippen molar-refractivity contribution in [2.45, 2.75) is 5.79 Å². The van der Waals surface area contributed by atoms with E-state index in [0.717, 1.165) is 0 Å². The van der Waals surface area contributed by atoms with Crippen LogP contribution in [0.3, 0.4) is 0 Å². The summed E-state index contributed by atoms with van der Waals surface area (Å²) in [5, 5.41) is 2.93. The molecule has 1 aliphatic rings. The molecule has 0 aliphatic carbocycles. The summed E-state index contributed by atoms with van der Waals surface area (Å²) >= 11 is 0. The number of hydrogen-bond acceptors (Lipinski definition) is 4. The molecule has 1 saturated heterocycles. The van der Waals surface area contributed by atoms with Crippen LogP contribution in [0.15, 0.2) is 0 Å². The van der Waals surface area contributed by atoms with Crippen LogP contribution in [0.25, 0.3) is 0 Å². The Morgan fingerprint density at radius 3 is 2.44 bits per heavy atom. The van der Waals surface area contributed by atoms with Crippen molar-refractivity contribution in [2.24, 2.45) is 0 Å². The third kappa shape index (κ3) is 1.04. The summed E-state index contributed by atoms with van der Waals surface area (Å²) in [5.41, 5.74) is 0. The fourth-order valence-corrected chi connectivity index (χ4v) is 0.693. The molecule has 9 heavy (non-hydrogen) atoms. The van der Waals surface area contributed by atoms with E-state index in [0.29, 0.717) is 19.6 Å². The highest BCUT2D eigenvalue weighted by molar-refractivity contribution is 5.38. The second-order valence-corrected chi connectivity index (χ2v) is 1.93. The lowest BCUT2D eigenvalue weighted by Crippen LogP contribution is -2.62. The molecule has 4 heteroatoms. The lowest BCUT2D eigenvalue weighted by molar-refractivity contribution is -0.229. The van der Waals surface area contributed by atoms with E-state index < -0.39 is 5.79 Å². The second kappa shape index (κ2) is 2.33. The quantitative estimate of drug-likeness (QED) is 0.398. The van der Waals surface area contributed by atoms with Crippen molar-refractivity contribution in [3.8, 4) is 0 Å². The molecule has 1 aliphatic heterocycles. The zero-order valence-corrected chi connectivity index (χ0v) is 5.22. The van der Waals surface area contributed by atoms with Gasteiger partial charge >= 0.3 is 0 Å². The van der Waals surface area contributed by atoms with Gasteiger partial charge in [0.1, 0.15) is 0 Å². The summed E-state index contributed by atoms with van der Waals surface area (Å²) in [6.07, 6.45) is 0. The number of rotatable bonds is 3. The molecule has 0 bridgehead atoms. The van der Waals surface area contributed by atoms with Gasteiger partial charge in [0.2, 0.25) is 5.79 Å². The molecule has 0 atom stereocenters. The van der Waals surface area contributed by atoms with Crippen molar-refractivity contribution in [2.75, 3.05) is 20.2 Å². The van der Waals surface area contributed by atoms with Crippen molar-refractivity contribution in [1.29, 1.82) is 0 Å². The van der Waals surface area contributed by atoms with Crippen LogP contribution < -0.4 is 5.32 Å². The van der Waals surface area contributed by atoms with Gasteiger partial charge in [0.15, 0.2) is 0 Å². The second-order valence-electron chi connectivity index (χ2n) is 1.93. The fraction of sp³-hybridized carbons (Fsp3) is 0.800. The zero-order chi connectivity index (χ0) is 6.74. The summed E-state index contributed by atoms with van der Waals surface area (Å²) in [6, 6.07) is 0. The average molecular weight is 131 g/mol. The molecular weight excluding hydrogens is 122 g/mol. The lowest BCUT2D eigenvalue weighted by atomic mass is 10.1. The Morgan fingerprint density at radius 2 is 2.33 bits per heavy atom. The predicted octanol–water partition coefficient (Wildman–Crippen LogP) is -0.895. The van der Waals surface area contributed by atoms with Gasteiger partial charge in [0.05, 0.1) is 13.1 Å². The van der Waals surface area contributed by atoms with Crippen LogP contribution in [0.4, 0.5) is 0 Å². The van der Waals surface area contributed by atoms with Crippen LogP contribution in [-0.4, -0.2) is 32.5 Å². The molecule has 0 spiro atoms. The Labute approximate surface area is 53.1 Å². The first-order chi connectivity index (χ1) is 4.33. The fourth-order valence-electron chi connectivity index (χ4n) is 0.693. The highest BCUT2D eigenvalue weighted by Crippen LogP contribution is 2.15. The van der Waals surface area contributed by atoms with Crippen LogP contribution in [-0.2, 0) is 14.3 Å². The summed E-state index contributed by atoms with van der Waals surface area (Å²) < 4.78 is 9.55. The van der Waals surface area contributed by atoms with Gasteiger partial charge in [-0.05, 0) is 0 Å². The topological polar surface area (TPSA) is 47.6 Å². The molecule has 0 aromatic carbocycles. The first kappa shape index (κ1) is 6.51. The average Bonchev–Trinajstić information content (AvgIpc) is 1.79. The third-order valence-corrected chi connectivity index (χ3v) is 1.42. The summed E-state index contributed by atoms with van der Waals surface area (Å²) in [7, 11) is 1.52. The minimum atomic E-state index is -0.665. The molecule has 0 aromatic rings. The van der Waals surface area contributed by atoms with E-state index in [1.807, 2.05) is 0 Å². The number of carbonyl (C=O) groups excluding carboxylic acids is 1. The molecule has 1 rings (SSSR count). The number of nitrogens with one attached hydrogen (secondary N) is 1. The molecule has 0 aromatic heterocycles. The molecule has 1 N–H and O–H groups in total. The Balaban J connectivity index is 2.36. The Bertz CT molecular complexity index is 105. The molecule has 52 valence electrons. The van der Waals surface area contributed by atoms with Gasteiger partial charge in [0.25, 0.3) is 6.47 Å². The molecule has 0 amide bonds.